The van der Waals surface area contributed by atoms with E-state index in [1.165, 1.54) is 17.4 Å². The monoisotopic (exact) mass is 466 g/mol. The zero-order valence-electron chi connectivity index (χ0n) is 18.3. The van der Waals surface area contributed by atoms with Gasteiger partial charge in [-0.3, -0.25) is 14.5 Å². The summed E-state index contributed by atoms with van der Waals surface area (Å²) in [5, 5.41) is 1.88. The molecular formula is C24H22N2O6S. The third kappa shape index (κ3) is 3.81. The van der Waals surface area contributed by atoms with E-state index in [0.29, 0.717) is 78.4 Å². The average molecular weight is 467 g/mol. The maximum atomic E-state index is 12.9. The minimum atomic E-state index is -0.297. The Morgan fingerprint density at radius 2 is 1.94 bits per heavy atom. The van der Waals surface area contributed by atoms with Crippen LogP contribution < -0.4 is 24.7 Å². The number of carbonyl (C=O) groups excluding carboxylic acids is 1. The predicted octanol–water partition coefficient (Wildman–Crippen LogP) is 3.12. The van der Waals surface area contributed by atoms with E-state index in [4.69, 9.17) is 18.6 Å². The van der Waals surface area contributed by atoms with Gasteiger partial charge in [0.25, 0.3) is 0 Å². The molecule has 5 rings (SSSR count). The van der Waals surface area contributed by atoms with E-state index in [1.54, 1.807) is 25.0 Å². The second-order valence-electron chi connectivity index (χ2n) is 7.56. The zero-order chi connectivity index (χ0) is 22.9. The second-order valence-corrected chi connectivity index (χ2v) is 8.44. The smallest absolute Gasteiger partial charge is 0.303 e. The van der Waals surface area contributed by atoms with Crippen LogP contribution in [-0.2, 0) is 9.53 Å². The summed E-state index contributed by atoms with van der Waals surface area (Å²) in [6.45, 7) is 4.87. The van der Waals surface area contributed by atoms with Gasteiger partial charge in [0, 0.05) is 41.7 Å². The van der Waals surface area contributed by atoms with Crippen molar-refractivity contribution in [1.82, 2.24) is 0 Å². The summed E-state index contributed by atoms with van der Waals surface area (Å²) in [6, 6.07) is 5.14. The summed E-state index contributed by atoms with van der Waals surface area (Å²) in [7, 11) is 1.57. The molecule has 0 spiro atoms. The molecule has 33 heavy (non-hydrogen) atoms. The summed E-state index contributed by atoms with van der Waals surface area (Å²) in [5.74, 6) is 6.58. The van der Waals surface area contributed by atoms with Gasteiger partial charge in [0.05, 0.1) is 32.6 Å². The van der Waals surface area contributed by atoms with Crippen LogP contribution in [0.1, 0.15) is 6.92 Å². The highest BCUT2D eigenvalue weighted by Crippen LogP contribution is 2.45. The van der Waals surface area contributed by atoms with E-state index in [9.17, 15) is 9.59 Å². The normalized spacial score (nSPS) is 15.5. The van der Waals surface area contributed by atoms with Crippen molar-refractivity contribution in [2.75, 3.05) is 56.4 Å². The molecule has 2 aliphatic rings. The molecule has 170 valence electrons. The standard InChI is InChI=1S/C24H22N2O6S/c1-3-4-21(28)26-7-10-31-20-13-19(29-2)15(11-17(20)26)16-14-33-24-18(27)12-22(32-23(16)24)25-5-8-30-9-6-25/h11-14H,5-10H2,1-2H3. The van der Waals surface area contributed by atoms with Gasteiger partial charge in [-0.15, -0.1) is 11.3 Å². The van der Waals surface area contributed by atoms with Gasteiger partial charge in [-0.2, -0.15) is 0 Å². The van der Waals surface area contributed by atoms with E-state index in [1.807, 2.05) is 16.3 Å². The van der Waals surface area contributed by atoms with Gasteiger partial charge in [-0.1, -0.05) is 5.92 Å². The molecule has 1 amide bonds. The quantitative estimate of drug-likeness (QED) is 0.549. The molecule has 3 aromatic rings. The van der Waals surface area contributed by atoms with Crippen molar-refractivity contribution >= 4 is 39.1 Å². The Hall–Kier alpha value is -3.48. The highest BCUT2D eigenvalue weighted by Gasteiger charge is 2.27. The number of benzene rings is 1. The number of thiophene rings is 1. The lowest BCUT2D eigenvalue weighted by Crippen LogP contribution is -2.37. The van der Waals surface area contributed by atoms with Gasteiger partial charge in [0.1, 0.15) is 22.8 Å². The lowest BCUT2D eigenvalue weighted by Gasteiger charge is -2.29. The Labute approximate surface area is 194 Å². The van der Waals surface area contributed by atoms with Crippen molar-refractivity contribution in [3.63, 3.8) is 0 Å². The lowest BCUT2D eigenvalue weighted by atomic mass is 10.0. The Balaban J connectivity index is 1.67. The number of fused-ring (bicyclic) bond motifs is 2. The lowest BCUT2D eigenvalue weighted by molar-refractivity contribution is -0.113. The SMILES string of the molecule is CC#CC(=O)N1CCOc2cc(OC)c(-c3csc4c(=O)cc(N5CCOCC5)oc34)cc21. The van der Waals surface area contributed by atoms with Crippen LogP contribution in [0.2, 0.25) is 0 Å². The first kappa shape index (κ1) is 21.4. The van der Waals surface area contributed by atoms with Gasteiger partial charge >= 0.3 is 5.91 Å². The minimum Gasteiger partial charge on any atom is -0.496 e. The number of morpholine rings is 1. The van der Waals surface area contributed by atoms with Crippen molar-refractivity contribution in [2.24, 2.45) is 0 Å². The highest BCUT2D eigenvalue weighted by molar-refractivity contribution is 7.17. The fourth-order valence-electron chi connectivity index (χ4n) is 4.06. The molecule has 9 heteroatoms. The van der Waals surface area contributed by atoms with Crippen molar-refractivity contribution in [3.05, 3.63) is 33.8 Å². The first-order valence-corrected chi connectivity index (χ1v) is 11.5. The summed E-state index contributed by atoms with van der Waals surface area (Å²) in [4.78, 5) is 29.0. The number of nitrogens with zero attached hydrogens (tertiary/aromatic N) is 2. The molecule has 0 N–H and O–H groups in total. The van der Waals surface area contributed by atoms with Gasteiger partial charge in [-0.05, 0) is 18.9 Å². The van der Waals surface area contributed by atoms with Crippen LogP contribution in [0.25, 0.3) is 21.4 Å². The van der Waals surface area contributed by atoms with Crippen LogP contribution in [-0.4, -0.2) is 52.5 Å². The predicted molar refractivity (Wildman–Crippen MR) is 127 cm³/mol. The Kier molecular flexibility index (Phi) is 5.70. The molecule has 1 fully saturated rings. The third-order valence-corrected chi connectivity index (χ3v) is 6.64. The molecule has 0 atom stereocenters. The number of carbonyl (C=O) groups is 1. The molecular weight excluding hydrogens is 444 g/mol. The van der Waals surface area contributed by atoms with Crippen molar-refractivity contribution in [3.8, 4) is 34.5 Å². The average Bonchev–Trinajstić information content (AvgIpc) is 3.28. The Bertz CT molecular complexity index is 1340. The number of hydrogen-bond donors (Lipinski definition) is 0. The number of methoxy groups -OCH3 is 1. The van der Waals surface area contributed by atoms with Crippen molar-refractivity contribution in [2.45, 2.75) is 6.92 Å². The molecule has 0 bridgehead atoms. The number of anilines is 2. The second kappa shape index (κ2) is 8.81. The summed E-state index contributed by atoms with van der Waals surface area (Å²) >= 11 is 1.32. The summed E-state index contributed by atoms with van der Waals surface area (Å²) in [6.07, 6.45) is 0. The van der Waals surface area contributed by atoms with E-state index in [2.05, 4.69) is 11.8 Å². The minimum absolute atomic E-state index is 0.0933. The van der Waals surface area contributed by atoms with Crippen LogP contribution in [0, 0.1) is 11.8 Å². The number of rotatable bonds is 3. The van der Waals surface area contributed by atoms with Gasteiger partial charge < -0.3 is 23.5 Å². The first-order valence-electron chi connectivity index (χ1n) is 10.6. The summed E-state index contributed by atoms with van der Waals surface area (Å²) in [5.41, 5.74) is 2.44. The molecule has 0 unspecified atom stereocenters. The zero-order valence-corrected chi connectivity index (χ0v) is 19.1. The topological polar surface area (TPSA) is 81.5 Å². The fourth-order valence-corrected chi connectivity index (χ4v) is 4.97. The molecule has 1 saturated heterocycles. The Morgan fingerprint density at radius 3 is 2.70 bits per heavy atom. The first-order chi connectivity index (χ1) is 16.1. The van der Waals surface area contributed by atoms with Crippen LogP contribution in [0.4, 0.5) is 11.6 Å². The summed E-state index contributed by atoms with van der Waals surface area (Å²) < 4.78 is 23.6. The third-order valence-electron chi connectivity index (χ3n) is 5.66. The molecule has 0 saturated carbocycles. The highest BCUT2D eigenvalue weighted by atomic mass is 32.1. The molecule has 1 aromatic carbocycles. The van der Waals surface area contributed by atoms with Crippen LogP contribution in [0.5, 0.6) is 11.5 Å². The molecule has 0 aliphatic carbocycles. The molecule has 2 aromatic heterocycles. The van der Waals surface area contributed by atoms with E-state index in [-0.39, 0.29) is 11.3 Å². The molecule has 8 nitrogen and oxygen atoms in total. The van der Waals surface area contributed by atoms with Crippen molar-refractivity contribution < 1.29 is 23.4 Å². The Morgan fingerprint density at radius 1 is 1.12 bits per heavy atom. The van der Waals surface area contributed by atoms with Gasteiger partial charge in [-0.25, -0.2) is 0 Å². The fraction of sp³-hybridized carbons (Fsp3) is 0.333. The van der Waals surface area contributed by atoms with E-state index < -0.39 is 0 Å². The molecule has 2 aliphatic heterocycles. The largest absolute Gasteiger partial charge is 0.496 e. The van der Waals surface area contributed by atoms with E-state index in [0.717, 1.165) is 5.56 Å². The van der Waals surface area contributed by atoms with Crippen molar-refractivity contribution in [1.29, 1.82) is 0 Å². The number of ether oxygens (including phenoxy) is 3. The molecule has 0 radical (unpaired) electrons. The van der Waals surface area contributed by atoms with E-state index >= 15 is 0 Å². The van der Waals surface area contributed by atoms with Gasteiger partial charge in [0.2, 0.25) is 5.43 Å². The number of amides is 1. The van der Waals surface area contributed by atoms with Crippen LogP contribution in [0.3, 0.4) is 0 Å². The number of hydrogen-bond acceptors (Lipinski definition) is 8. The van der Waals surface area contributed by atoms with Crippen LogP contribution in [0.15, 0.2) is 32.8 Å². The van der Waals surface area contributed by atoms with Gasteiger partial charge in [0.15, 0.2) is 11.5 Å². The molecule has 4 heterocycles. The maximum absolute atomic E-state index is 12.9. The van der Waals surface area contributed by atoms with Crippen LogP contribution >= 0.6 is 11.3 Å². The maximum Gasteiger partial charge on any atom is 0.303 e.